The average Bonchev–Trinajstić information content (AvgIpc) is 2.14. The number of methoxy groups -OCH3 is 1. The van der Waals surface area contributed by atoms with Crippen molar-refractivity contribution in [3.8, 4) is 5.75 Å². The van der Waals surface area contributed by atoms with E-state index in [1.165, 1.54) is 6.92 Å². The number of aryl methyl sites for hydroxylation is 1. The third-order valence-electron chi connectivity index (χ3n) is 1.94. The maximum absolute atomic E-state index is 12.6. The van der Waals surface area contributed by atoms with Gasteiger partial charge < -0.3 is 4.74 Å². The van der Waals surface area contributed by atoms with Crippen LogP contribution in [0.4, 0.5) is 22.0 Å². The van der Waals surface area contributed by atoms with Crippen molar-refractivity contribution < 1.29 is 26.7 Å². The van der Waals surface area contributed by atoms with Crippen LogP contribution in [0, 0.1) is 6.92 Å². The highest BCUT2D eigenvalue weighted by atomic mass is 19.4. The molecule has 0 fully saturated rings. The minimum atomic E-state index is -4.92. The maximum atomic E-state index is 12.6. The molecule has 0 bridgehead atoms. The molecule has 7 heteroatoms. The molecule has 0 saturated heterocycles. The molecule has 0 spiro atoms. The molecule has 90 valence electrons. The third kappa shape index (κ3) is 2.23. The smallest absolute Gasteiger partial charge is 0.433 e. The quantitative estimate of drug-likeness (QED) is 0.740. The molecule has 0 unspecified atom stereocenters. The van der Waals surface area contributed by atoms with Crippen LogP contribution in [0.1, 0.15) is 23.2 Å². The van der Waals surface area contributed by atoms with Gasteiger partial charge in [-0.1, -0.05) is 0 Å². The number of halogens is 5. The lowest BCUT2D eigenvalue weighted by atomic mass is 10.1. The van der Waals surface area contributed by atoms with E-state index in [-0.39, 0.29) is 5.56 Å². The topological polar surface area (TPSA) is 22.1 Å². The highest BCUT2D eigenvalue weighted by Gasteiger charge is 2.39. The standard InChI is InChI=1S/C9H8F5NO/c1-4-3-15-7(9(12,13)14)5(8(10)11)6(4)16-2/h3,8H,1-2H3. The molecule has 0 radical (unpaired) electrons. The second-order valence-corrected chi connectivity index (χ2v) is 3.04. The molecule has 1 aromatic heterocycles. The molecule has 16 heavy (non-hydrogen) atoms. The van der Waals surface area contributed by atoms with Crippen LogP contribution in [0.5, 0.6) is 5.75 Å². The van der Waals surface area contributed by atoms with E-state index in [1.807, 2.05) is 0 Å². The number of hydrogen-bond acceptors (Lipinski definition) is 2. The van der Waals surface area contributed by atoms with Gasteiger partial charge in [0.25, 0.3) is 6.43 Å². The fourth-order valence-electron chi connectivity index (χ4n) is 1.31. The lowest BCUT2D eigenvalue weighted by molar-refractivity contribution is -0.143. The van der Waals surface area contributed by atoms with E-state index >= 15 is 0 Å². The number of hydrogen-bond donors (Lipinski definition) is 0. The van der Waals surface area contributed by atoms with Gasteiger partial charge in [-0.15, -0.1) is 0 Å². The average molecular weight is 241 g/mol. The highest BCUT2D eigenvalue weighted by molar-refractivity contribution is 5.43. The van der Waals surface area contributed by atoms with Gasteiger partial charge in [-0.3, -0.25) is 4.98 Å². The number of nitrogens with zero attached hydrogens (tertiary/aromatic N) is 1. The van der Waals surface area contributed by atoms with E-state index < -0.39 is 29.6 Å². The summed E-state index contributed by atoms with van der Waals surface area (Å²) in [5, 5.41) is 0. The van der Waals surface area contributed by atoms with Crippen molar-refractivity contribution >= 4 is 0 Å². The van der Waals surface area contributed by atoms with E-state index in [9.17, 15) is 22.0 Å². The van der Waals surface area contributed by atoms with Crippen molar-refractivity contribution in [3.63, 3.8) is 0 Å². The molecule has 0 aliphatic heterocycles. The van der Waals surface area contributed by atoms with Gasteiger partial charge in [-0.05, 0) is 6.92 Å². The highest BCUT2D eigenvalue weighted by Crippen LogP contribution is 2.40. The Bertz CT molecular complexity index is 388. The van der Waals surface area contributed by atoms with E-state index in [1.54, 1.807) is 0 Å². The molecule has 1 rings (SSSR count). The van der Waals surface area contributed by atoms with E-state index in [2.05, 4.69) is 9.72 Å². The largest absolute Gasteiger partial charge is 0.496 e. The van der Waals surface area contributed by atoms with Crippen LogP contribution in [0.3, 0.4) is 0 Å². The summed E-state index contributed by atoms with van der Waals surface area (Å²) in [4.78, 5) is 2.99. The number of rotatable bonds is 2. The monoisotopic (exact) mass is 241 g/mol. The van der Waals surface area contributed by atoms with Gasteiger partial charge in [-0.2, -0.15) is 13.2 Å². The Morgan fingerprint density at radius 3 is 2.25 bits per heavy atom. The summed E-state index contributed by atoms with van der Waals surface area (Å²) in [6, 6.07) is 0. The fraction of sp³-hybridized carbons (Fsp3) is 0.444. The number of ether oxygens (including phenoxy) is 1. The van der Waals surface area contributed by atoms with Crippen LogP contribution in [0.2, 0.25) is 0 Å². The van der Waals surface area contributed by atoms with Gasteiger partial charge in [0, 0.05) is 11.8 Å². The van der Waals surface area contributed by atoms with Crippen LogP contribution in [-0.2, 0) is 6.18 Å². The molecular weight excluding hydrogens is 233 g/mol. The predicted octanol–water partition coefficient (Wildman–Crippen LogP) is 3.36. The molecular formula is C9H8F5NO. The minimum Gasteiger partial charge on any atom is -0.496 e. The second-order valence-electron chi connectivity index (χ2n) is 3.04. The van der Waals surface area contributed by atoms with Crippen LogP contribution >= 0.6 is 0 Å². The first kappa shape index (κ1) is 12.7. The van der Waals surface area contributed by atoms with E-state index in [4.69, 9.17) is 0 Å². The predicted molar refractivity (Wildman–Crippen MR) is 45.5 cm³/mol. The molecule has 1 aromatic rings. The first-order valence-electron chi connectivity index (χ1n) is 4.17. The number of alkyl halides is 5. The van der Waals surface area contributed by atoms with Crippen LogP contribution in [0.15, 0.2) is 6.20 Å². The molecule has 0 aromatic carbocycles. The molecule has 0 amide bonds. The zero-order valence-corrected chi connectivity index (χ0v) is 8.40. The van der Waals surface area contributed by atoms with Crippen molar-refractivity contribution in [2.45, 2.75) is 19.5 Å². The number of pyridine rings is 1. The fourth-order valence-corrected chi connectivity index (χ4v) is 1.31. The Hall–Kier alpha value is -1.40. The summed E-state index contributed by atoms with van der Waals surface area (Å²) < 4.78 is 66.9. The summed E-state index contributed by atoms with van der Waals surface area (Å²) >= 11 is 0. The Morgan fingerprint density at radius 1 is 1.31 bits per heavy atom. The normalized spacial score (nSPS) is 12.0. The molecule has 1 heterocycles. The summed E-state index contributed by atoms with van der Waals surface area (Å²) in [6.07, 6.45) is -7.36. The summed E-state index contributed by atoms with van der Waals surface area (Å²) in [6.45, 7) is 1.35. The first-order valence-corrected chi connectivity index (χ1v) is 4.17. The van der Waals surface area contributed by atoms with E-state index in [0.717, 1.165) is 13.3 Å². The van der Waals surface area contributed by atoms with Gasteiger partial charge in [0.1, 0.15) is 5.75 Å². The second kappa shape index (κ2) is 4.23. The third-order valence-corrected chi connectivity index (χ3v) is 1.94. The lowest BCUT2D eigenvalue weighted by Gasteiger charge is -2.16. The van der Waals surface area contributed by atoms with Gasteiger partial charge in [0.15, 0.2) is 5.69 Å². The van der Waals surface area contributed by atoms with Crippen molar-refractivity contribution in [2.24, 2.45) is 0 Å². The molecule has 0 saturated carbocycles. The van der Waals surface area contributed by atoms with E-state index in [0.29, 0.717) is 0 Å². The first-order chi connectivity index (χ1) is 7.29. The van der Waals surface area contributed by atoms with Gasteiger partial charge in [-0.25, -0.2) is 8.78 Å². The van der Waals surface area contributed by atoms with Crippen molar-refractivity contribution in [2.75, 3.05) is 7.11 Å². The van der Waals surface area contributed by atoms with Crippen molar-refractivity contribution in [3.05, 3.63) is 23.0 Å². The zero-order valence-electron chi connectivity index (χ0n) is 8.40. The molecule has 0 N–H and O–H groups in total. The van der Waals surface area contributed by atoms with Crippen molar-refractivity contribution in [1.29, 1.82) is 0 Å². The molecule has 0 aliphatic rings. The molecule has 2 nitrogen and oxygen atoms in total. The van der Waals surface area contributed by atoms with Crippen molar-refractivity contribution in [1.82, 2.24) is 4.98 Å². The van der Waals surface area contributed by atoms with Gasteiger partial charge >= 0.3 is 6.18 Å². The Kier molecular flexibility index (Phi) is 3.35. The summed E-state index contributed by atoms with van der Waals surface area (Å²) in [5.74, 6) is -0.475. The minimum absolute atomic E-state index is 0.130. The maximum Gasteiger partial charge on any atom is 0.433 e. The lowest BCUT2D eigenvalue weighted by Crippen LogP contribution is -2.14. The molecule has 0 atom stereocenters. The van der Waals surface area contributed by atoms with Crippen LogP contribution in [-0.4, -0.2) is 12.1 Å². The Morgan fingerprint density at radius 2 is 1.88 bits per heavy atom. The van der Waals surface area contributed by atoms with Crippen LogP contribution < -0.4 is 4.74 Å². The molecule has 0 aliphatic carbocycles. The Balaban J connectivity index is 3.52. The summed E-state index contributed by atoms with van der Waals surface area (Å²) in [5.41, 5.74) is -2.69. The SMILES string of the molecule is COc1c(C)cnc(C(F)(F)F)c1C(F)F. The van der Waals surface area contributed by atoms with Gasteiger partial charge in [0.05, 0.1) is 12.7 Å². The Labute approximate surface area is 88.1 Å². The zero-order chi connectivity index (χ0) is 12.5. The summed E-state index contributed by atoms with van der Waals surface area (Å²) in [7, 11) is 1.04. The van der Waals surface area contributed by atoms with Gasteiger partial charge in [0.2, 0.25) is 0 Å². The number of aromatic nitrogens is 1. The van der Waals surface area contributed by atoms with Crippen LogP contribution in [0.25, 0.3) is 0 Å².